The highest BCUT2D eigenvalue weighted by Gasteiger charge is 2.56. The van der Waals surface area contributed by atoms with Crippen molar-refractivity contribution in [2.45, 2.75) is 30.8 Å². The third-order valence-electron chi connectivity index (χ3n) is 6.19. The molecule has 150 valence electrons. The summed E-state index contributed by atoms with van der Waals surface area (Å²) in [6, 6.07) is 14.2. The summed E-state index contributed by atoms with van der Waals surface area (Å²) in [5.74, 6) is 0.241. The van der Waals surface area contributed by atoms with Crippen molar-refractivity contribution < 1.29 is 14.7 Å². The number of para-hydroxylation sites is 1. The molecule has 2 heterocycles. The maximum absolute atomic E-state index is 13.1. The summed E-state index contributed by atoms with van der Waals surface area (Å²) in [5.41, 5.74) is 2.45. The van der Waals surface area contributed by atoms with Crippen LogP contribution in [0.25, 0.3) is 0 Å². The molecule has 1 saturated heterocycles. The number of hydrogen-bond acceptors (Lipinski definition) is 3. The van der Waals surface area contributed by atoms with E-state index in [9.17, 15) is 14.7 Å². The standard InChI is InChI=1S/C22H22ClN3O3/c23-14-4-3-5-15(10-14)24-22(29)25-11-18-20(16-6-1-2-7-17(16)25)19(12-27)26(18)21(28)13-8-9-13/h1-7,10,13,18-20,27H,8-9,11-12H2,(H,24,29)/t18-,19+,20+/m0/s1. The van der Waals surface area contributed by atoms with Crippen molar-refractivity contribution in [2.75, 3.05) is 23.4 Å². The number of benzene rings is 2. The first-order chi connectivity index (χ1) is 14.1. The number of halogens is 1. The maximum atomic E-state index is 13.1. The van der Waals surface area contributed by atoms with Crippen molar-refractivity contribution >= 4 is 34.9 Å². The summed E-state index contributed by atoms with van der Waals surface area (Å²) in [6.45, 7) is 0.339. The smallest absolute Gasteiger partial charge is 0.326 e. The molecule has 0 aromatic heterocycles. The molecule has 2 aliphatic heterocycles. The van der Waals surface area contributed by atoms with Gasteiger partial charge in [0.2, 0.25) is 5.91 Å². The van der Waals surface area contributed by atoms with Gasteiger partial charge < -0.3 is 15.3 Å². The van der Waals surface area contributed by atoms with Gasteiger partial charge in [-0.3, -0.25) is 9.69 Å². The van der Waals surface area contributed by atoms with Crippen LogP contribution in [-0.4, -0.2) is 47.2 Å². The predicted octanol–water partition coefficient (Wildman–Crippen LogP) is 3.46. The molecule has 0 bridgehead atoms. The van der Waals surface area contributed by atoms with Crippen molar-refractivity contribution in [3.05, 3.63) is 59.1 Å². The zero-order valence-electron chi connectivity index (χ0n) is 15.8. The van der Waals surface area contributed by atoms with Gasteiger partial charge in [-0.25, -0.2) is 4.79 Å². The number of carbonyl (C=O) groups excluding carboxylic acids is 2. The minimum atomic E-state index is -0.260. The van der Waals surface area contributed by atoms with Crippen LogP contribution in [0.4, 0.5) is 16.2 Å². The van der Waals surface area contributed by atoms with Crippen molar-refractivity contribution in [1.82, 2.24) is 4.90 Å². The van der Waals surface area contributed by atoms with E-state index in [0.717, 1.165) is 24.1 Å². The van der Waals surface area contributed by atoms with E-state index in [4.69, 9.17) is 11.6 Å². The van der Waals surface area contributed by atoms with Crippen molar-refractivity contribution in [3.63, 3.8) is 0 Å². The minimum absolute atomic E-state index is 0.0501. The Morgan fingerprint density at radius 3 is 2.66 bits per heavy atom. The van der Waals surface area contributed by atoms with Gasteiger partial charge in [-0.15, -0.1) is 0 Å². The Morgan fingerprint density at radius 2 is 1.93 bits per heavy atom. The molecule has 3 atom stereocenters. The minimum Gasteiger partial charge on any atom is -0.394 e. The first-order valence-electron chi connectivity index (χ1n) is 9.94. The number of nitrogens with zero attached hydrogens (tertiary/aromatic N) is 2. The summed E-state index contributed by atoms with van der Waals surface area (Å²) < 4.78 is 0. The van der Waals surface area contributed by atoms with Crippen molar-refractivity contribution in [3.8, 4) is 0 Å². The van der Waals surface area contributed by atoms with Gasteiger partial charge in [0.15, 0.2) is 0 Å². The predicted molar refractivity (Wildman–Crippen MR) is 111 cm³/mol. The number of urea groups is 1. The Bertz CT molecular complexity index is 977. The number of aliphatic hydroxyl groups is 1. The van der Waals surface area contributed by atoms with E-state index in [0.29, 0.717) is 17.3 Å². The van der Waals surface area contributed by atoms with E-state index in [-0.39, 0.29) is 42.5 Å². The average Bonchev–Trinajstić information content (AvgIpc) is 3.53. The third kappa shape index (κ3) is 3.07. The molecule has 3 amide bonds. The summed E-state index contributed by atoms with van der Waals surface area (Å²) in [7, 11) is 0. The number of fused-ring (bicyclic) bond motifs is 3. The number of amides is 3. The first kappa shape index (κ1) is 18.5. The fourth-order valence-corrected chi connectivity index (χ4v) is 4.87. The highest BCUT2D eigenvalue weighted by molar-refractivity contribution is 6.30. The Morgan fingerprint density at radius 1 is 1.14 bits per heavy atom. The number of aliphatic hydroxyl groups excluding tert-OH is 1. The van der Waals surface area contributed by atoms with Gasteiger partial charge >= 0.3 is 6.03 Å². The van der Waals surface area contributed by atoms with E-state index >= 15 is 0 Å². The first-order valence-corrected chi connectivity index (χ1v) is 10.3. The quantitative estimate of drug-likeness (QED) is 0.812. The van der Waals surface area contributed by atoms with Crippen LogP contribution in [0, 0.1) is 5.92 Å². The van der Waals surface area contributed by atoms with E-state index in [1.54, 1.807) is 29.2 Å². The number of hydrogen-bond donors (Lipinski definition) is 2. The average molecular weight is 412 g/mol. The summed E-state index contributed by atoms with van der Waals surface area (Å²) in [5, 5.41) is 13.4. The molecule has 3 aliphatic rings. The number of likely N-dealkylation sites (tertiary alicyclic amines) is 1. The molecule has 29 heavy (non-hydrogen) atoms. The molecule has 0 spiro atoms. The van der Waals surface area contributed by atoms with Gasteiger partial charge in [-0.05, 0) is 42.7 Å². The molecule has 1 saturated carbocycles. The molecule has 2 aromatic rings. The second kappa shape index (κ2) is 7.04. The van der Waals surface area contributed by atoms with Crippen LogP contribution in [0.15, 0.2) is 48.5 Å². The Hall–Kier alpha value is -2.57. The normalized spacial score (nSPS) is 25.0. The van der Waals surface area contributed by atoms with Crippen LogP contribution >= 0.6 is 11.6 Å². The summed E-state index contributed by atoms with van der Waals surface area (Å²) in [4.78, 5) is 29.4. The zero-order chi connectivity index (χ0) is 20.1. The molecular formula is C22H22ClN3O3. The van der Waals surface area contributed by atoms with Crippen molar-refractivity contribution in [1.29, 1.82) is 0 Å². The highest BCUT2D eigenvalue weighted by Crippen LogP contribution is 2.50. The lowest BCUT2D eigenvalue weighted by Crippen LogP contribution is -2.71. The Balaban J connectivity index is 1.46. The van der Waals surface area contributed by atoms with Crippen LogP contribution in [-0.2, 0) is 4.79 Å². The van der Waals surface area contributed by atoms with Gasteiger partial charge in [0.1, 0.15) is 0 Å². The van der Waals surface area contributed by atoms with E-state index in [2.05, 4.69) is 5.32 Å². The molecular weight excluding hydrogens is 390 g/mol. The largest absolute Gasteiger partial charge is 0.394 e. The molecule has 0 radical (unpaired) electrons. The molecule has 2 fully saturated rings. The molecule has 1 aliphatic carbocycles. The van der Waals surface area contributed by atoms with Gasteiger partial charge in [0.25, 0.3) is 0 Å². The molecule has 5 rings (SSSR count). The molecule has 0 unspecified atom stereocenters. The summed E-state index contributed by atoms with van der Waals surface area (Å²) >= 11 is 6.04. The summed E-state index contributed by atoms with van der Waals surface area (Å²) in [6.07, 6.45) is 1.83. The van der Waals surface area contributed by atoms with Gasteiger partial charge in [0, 0.05) is 34.8 Å². The van der Waals surface area contributed by atoms with Crippen LogP contribution in [0.2, 0.25) is 5.02 Å². The van der Waals surface area contributed by atoms with Crippen LogP contribution in [0.5, 0.6) is 0 Å². The van der Waals surface area contributed by atoms with Crippen LogP contribution in [0.1, 0.15) is 24.3 Å². The van der Waals surface area contributed by atoms with Gasteiger partial charge in [-0.1, -0.05) is 35.9 Å². The maximum Gasteiger partial charge on any atom is 0.326 e. The highest BCUT2D eigenvalue weighted by atomic mass is 35.5. The van der Waals surface area contributed by atoms with E-state index in [1.807, 2.05) is 29.2 Å². The molecule has 2 N–H and O–H groups in total. The molecule has 2 aromatic carbocycles. The SMILES string of the molecule is O=C(Nc1cccc(Cl)c1)N1C[C@H]2[C@@H](c3ccccc31)[C@@H](CO)N2C(=O)C1CC1. The lowest BCUT2D eigenvalue weighted by atomic mass is 9.71. The Kier molecular flexibility index (Phi) is 4.48. The number of rotatable bonds is 3. The lowest BCUT2D eigenvalue weighted by molar-refractivity contribution is -0.151. The van der Waals surface area contributed by atoms with Crippen molar-refractivity contribution in [2.24, 2.45) is 5.92 Å². The van der Waals surface area contributed by atoms with Gasteiger partial charge in [-0.2, -0.15) is 0 Å². The topological polar surface area (TPSA) is 72.9 Å². The van der Waals surface area contributed by atoms with Gasteiger partial charge in [0.05, 0.1) is 18.7 Å². The fraction of sp³-hybridized carbons (Fsp3) is 0.364. The van der Waals surface area contributed by atoms with Crippen LogP contribution < -0.4 is 10.2 Å². The van der Waals surface area contributed by atoms with E-state index < -0.39 is 0 Å². The zero-order valence-corrected chi connectivity index (χ0v) is 16.5. The molecule has 7 heteroatoms. The van der Waals surface area contributed by atoms with Crippen LogP contribution in [0.3, 0.4) is 0 Å². The second-order valence-electron chi connectivity index (χ2n) is 7.97. The molecule has 6 nitrogen and oxygen atoms in total. The second-order valence-corrected chi connectivity index (χ2v) is 8.41. The monoisotopic (exact) mass is 411 g/mol. The number of nitrogens with one attached hydrogen (secondary N) is 1. The lowest BCUT2D eigenvalue weighted by Gasteiger charge is -2.59. The third-order valence-corrected chi connectivity index (χ3v) is 6.42. The Labute approximate surface area is 174 Å². The number of anilines is 2. The number of carbonyl (C=O) groups is 2. The fourth-order valence-electron chi connectivity index (χ4n) is 4.68. The van der Waals surface area contributed by atoms with E-state index in [1.165, 1.54) is 0 Å².